The van der Waals surface area contributed by atoms with Crippen molar-refractivity contribution in [2.24, 2.45) is 0 Å². The Morgan fingerprint density at radius 2 is 2.00 bits per heavy atom. The first-order valence-electron chi connectivity index (χ1n) is 3.76. The van der Waals surface area contributed by atoms with Gasteiger partial charge in [-0.1, -0.05) is 18.3 Å². The Morgan fingerprint density at radius 3 is 2.50 bits per heavy atom. The molecule has 56 valence electrons. The molecule has 2 heteroatoms. The third-order valence-electron chi connectivity index (χ3n) is 1.73. The number of nitrogens with zero attached hydrogens (tertiary/aromatic N) is 1. The molecule has 0 aromatic heterocycles. The van der Waals surface area contributed by atoms with E-state index in [1.165, 1.54) is 12.8 Å². The number of hydrogen-bond acceptors (Lipinski definition) is 1. The van der Waals surface area contributed by atoms with Crippen LogP contribution in [0.1, 0.15) is 19.8 Å². The molecule has 1 aliphatic heterocycles. The fourth-order valence-corrected chi connectivity index (χ4v) is 1.50. The standard InChI is InChI=1S/C8H13NS/c1-2-5-8(10)9-6-3-4-7-9/h2,5H,3-4,6-7H2,1H3/b5-2-. The van der Waals surface area contributed by atoms with Gasteiger partial charge >= 0.3 is 0 Å². The normalized spacial score (nSPS) is 18.7. The molecule has 1 rings (SSSR count). The van der Waals surface area contributed by atoms with Gasteiger partial charge in [0.2, 0.25) is 0 Å². The molecule has 0 aliphatic carbocycles. The van der Waals surface area contributed by atoms with Gasteiger partial charge in [0.05, 0.1) is 0 Å². The molecular weight excluding hydrogens is 142 g/mol. The Bertz CT molecular complexity index is 145. The molecule has 0 aromatic rings. The molecule has 0 unspecified atom stereocenters. The zero-order valence-electron chi connectivity index (χ0n) is 6.34. The van der Waals surface area contributed by atoms with E-state index in [-0.39, 0.29) is 0 Å². The number of thiocarbonyl (C=S) groups is 1. The van der Waals surface area contributed by atoms with E-state index in [2.05, 4.69) is 4.90 Å². The van der Waals surface area contributed by atoms with Crippen molar-refractivity contribution >= 4 is 17.2 Å². The number of rotatable bonds is 1. The minimum absolute atomic E-state index is 1.00. The smallest absolute Gasteiger partial charge is 0.101 e. The van der Waals surface area contributed by atoms with Gasteiger partial charge in [-0.15, -0.1) is 0 Å². The third kappa shape index (κ3) is 1.81. The summed E-state index contributed by atoms with van der Waals surface area (Å²) in [4.78, 5) is 3.26. The van der Waals surface area contributed by atoms with E-state index in [1.54, 1.807) is 0 Å². The molecule has 1 fully saturated rings. The van der Waals surface area contributed by atoms with Crippen molar-refractivity contribution in [2.45, 2.75) is 19.8 Å². The summed E-state index contributed by atoms with van der Waals surface area (Å²) in [6.45, 7) is 4.31. The highest BCUT2D eigenvalue weighted by atomic mass is 32.1. The summed E-state index contributed by atoms with van der Waals surface area (Å²) in [5.74, 6) is 0. The topological polar surface area (TPSA) is 3.24 Å². The summed E-state index contributed by atoms with van der Waals surface area (Å²) in [6.07, 6.45) is 6.61. The van der Waals surface area contributed by atoms with Gasteiger partial charge in [0.1, 0.15) is 4.99 Å². The quantitative estimate of drug-likeness (QED) is 0.421. The number of allylic oxidation sites excluding steroid dienone is 1. The molecule has 0 radical (unpaired) electrons. The monoisotopic (exact) mass is 155 g/mol. The molecule has 0 atom stereocenters. The lowest BCUT2D eigenvalue weighted by molar-refractivity contribution is 0.532. The average Bonchev–Trinajstić information content (AvgIpc) is 2.38. The second-order valence-corrected chi connectivity index (χ2v) is 2.95. The maximum Gasteiger partial charge on any atom is 0.101 e. The van der Waals surface area contributed by atoms with Crippen molar-refractivity contribution in [1.29, 1.82) is 0 Å². The molecule has 1 heterocycles. The van der Waals surface area contributed by atoms with E-state index in [0.29, 0.717) is 0 Å². The Balaban J connectivity index is 2.40. The van der Waals surface area contributed by atoms with Crippen LogP contribution in [0.25, 0.3) is 0 Å². The van der Waals surface area contributed by atoms with Gasteiger partial charge in [0.15, 0.2) is 0 Å². The van der Waals surface area contributed by atoms with Crippen LogP contribution in [-0.2, 0) is 0 Å². The van der Waals surface area contributed by atoms with Gasteiger partial charge in [-0.2, -0.15) is 0 Å². The molecule has 1 saturated heterocycles. The largest absolute Gasteiger partial charge is 0.363 e. The second-order valence-electron chi connectivity index (χ2n) is 2.53. The summed E-state index contributed by atoms with van der Waals surface area (Å²) < 4.78 is 0. The lowest BCUT2D eigenvalue weighted by Crippen LogP contribution is -2.23. The lowest BCUT2D eigenvalue weighted by atomic mass is 10.4. The van der Waals surface area contributed by atoms with Crippen LogP contribution in [0.2, 0.25) is 0 Å². The van der Waals surface area contributed by atoms with Crippen LogP contribution in [0, 0.1) is 0 Å². The summed E-state index contributed by atoms with van der Waals surface area (Å²) in [5, 5.41) is 0. The first kappa shape index (κ1) is 7.73. The molecule has 10 heavy (non-hydrogen) atoms. The minimum atomic E-state index is 1.00. The molecule has 1 aliphatic rings. The van der Waals surface area contributed by atoms with Gasteiger partial charge in [-0.05, 0) is 25.8 Å². The summed E-state index contributed by atoms with van der Waals surface area (Å²) in [6, 6.07) is 0. The maximum absolute atomic E-state index is 5.15. The highest BCUT2D eigenvalue weighted by Gasteiger charge is 2.11. The predicted molar refractivity (Wildman–Crippen MR) is 48.2 cm³/mol. The van der Waals surface area contributed by atoms with Crippen molar-refractivity contribution in [3.05, 3.63) is 12.2 Å². The molecule has 0 N–H and O–H groups in total. The molecule has 0 spiro atoms. The van der Waals surface area contributed by atoms with Crippen molar-refractivity contribution in [3.63, 3.8) is 0 Å². The summed E-state index contributed by atoms with van der Waals surface area (Å²) >= 11 is 5.15. The number of likely N-dealkylation sites (tertiary alicyclic amines) is 1. The molecular formula is C8H13NS. The zero-order chi connectivity index (χ0) is 7.40. The molecule has 0 amide bonds. The predicted octanol–water partition coefficient (Wildman–Crippen LogP) is 1.99. The van der Waals surface area contributed by atoms with E-state index in [4.69, 9.17) is 12.2 Å². The first-order chi connectivity index (χ1) is 4.84. The minimum Gasteiger partial charge on any atom is -0.363 e. The van der Waals surface area contributed by atoms with Gasteiger partial charge in [-0.25, -0.2) is 0 Å². The zero-order valence-corrected chi connectivity index (χ0v) is 7.16. The van der Waals surface area contributed by atoms with Gasteiger partial charge in [0, 0.05) is 13.1 Å². The molecule has 0 bridgehead atoms. The summed E-state index contributed by atoms with van der Waals surface area (Å²) in [5.41, 5.74) is 0. The molecule has 0 saturated carbocycles. The van der Waals surface area contributed by atoms with Crippen LogP contribution in [0.4, 0.5) is 0 Å². The van der Waals surface area contributed by atoms with E-state index in [0.717, 1.165) is 18.1 Å². The van der Waals surface area contributed by atoms with E-state index in [1.807, 2.05) is 19.1 Å². The summed E-state index contributed by atoms with van der Waals surface area (Å²) in [7, 11) is 0. The van der Waals surface area contributed by atoms with E-state index in [9.17, 15) is 0 Å². The van der Waals surface area contributed by atoms with Crippen LogP contribution < -0.4 is 0 Å². The fraction of sp³-hybridized carbons (Fsp3) is 0.625. The Labute approximate surface area is 67.7 Å². The SMILES string of the molecule is C/C=C\C(=S)N1CCCC1. The van der Waals surface area contributed by atoms with E-state index < -0.39 is 0 Å². The van der Waals surface area contributed by atoms with E-state index >= 15 is 0 Å². The Morgan fingerprint density at radius 1 is 1.40 bits per heavy atom. The van der Waals surface area contributed by atoms with Crippen LogP contribution in [-0.4, -0.2) is 23.0 Å². The van der Waals surface area contributed by atoms with Gasteiger partial charge in [-0.3, -0.25) is 0 Å². The van der Waals surface area contributed by atoms with Crippen LogP contribution in [0.15, 0.2) is 12.2 Å². The molecule has 0 aromatic carbocycles. The van der Waals surface area contributed by atoms with Crippen molar-refractivity contribution in [1.82, 2.24) is 4.90 Å². The fourth-order valence-electron chi connectivity index (χ4n) is 1.19. The highest BCUT2D eigenvalue weighted by molar-refractivity contribution is 7.80. The van der Waals surface area contributed by atoms with Gasteiger partial charge in [0.25, 0.3) is 0 Å². The first-order valence-corrected chi connectivity index (χ1v) is 4.17. The molecule has 1 nitrogen and oxygen atoms in total. The second kappa shape index (κ2) is 3.71. The Hall–Kier alpha value is -0.370. The van der Waals surface area contributed by atoms with Crippen LogP contribution in [0.3, 0.4) is 0 Å². The lowest BCUT2D eigenvalue weighted by Gasteiger charge is -2.14. The number of hydrogen-bond donors (Lipinski definition) is 0. The van der Waals surface area contributed by atoms with Crippen LogP contribution >= 0.6 is 12.2 Å². The average molecular weight is 155 g/mol. The van der Waals surface area contributed by atoms with Crippen molar-refractivity contribution in [3.8, 4) is 0 Å². The maximum atomic E-state index is 5.15. The highest BCUT2D eigenvalue weighted by Crippen LogP contribution is 2.08. The van der Waals surface area contributed by atoms with Crippen molar-refractivity contribution in [2.75, 3.05) is 13.1 Å². The van der Waals surface area contributed by atoms with Crippen LogP contribution in [0.5, 0.6) is 0 Å². The Kier molecular flexibility index (Phi) is 2.87. The van der Waals surface area contributed by atoms with Gasteiger partial charge < -0.3 is 4.90 Å². The third-order valence-corrected chi connectivity index (χ3v) is 2.12. The van der Waals surface area contributed by atoms with Crippen molar-refractivity contribution < 1.29 is 0 Å².